The lowest BCUT2D eigenvalue weighted by atomic mass is 10.1. The van der Waals surface area contributed by atoms with Crippen molar-refractivity contribution >= 4 is 28.8 Å². The smallest absolute Gasteiger partial charge is 0.261 e. The first-order valence-corrected chi connectivity index (χ1v) is 5.71. The predicted octanol–water partition coefficient (Wildman–Crippen LogP) is 2.19. The summed E-state index contributed by atoms with van der Waals surface area (Å²) in [5.41, 5.74) is 7.48. The first-order chi connectivity index (χ1) is 8.61. The maximum atomic E-state index is 12.2. The van der Waals surface area contributed by atoms with Gasteiger partial charge in [-0.1, -0.05) is 24.4 Å². The Morgan fingerprint density at radius 2 is 2.06 bits per heavy atom. The Labute approximate surface area is 110 Å². The maximum absolute atomic E-state index is 12.2. The average molecular weight is 260 g/mol. The SMILES string of the molecule is CN(C(=O)c1ccoc1)c1ccccc1C(N)=S. The van der Waals surface area contributed by atoms with Crippen LogP contribution in [0.3, 0.4) is 0 Å². The maximum Gasteiger partial charge on any atom is 0.261 e. The molecule has 4 nitrogen and oxygen atoms in total. The second-order valence-corrected chi connectivity index (χ2v) is 4.20. The lowest BCUT2D eigenvalue weighted by molar-refractivity contribution is 0.0992. The van der Waals surface area contributed by atoms with Crippen molar-refractivity contribution in [2.45, 2.75) is 0 Å². The number of carbonyl (C=O) groups is 1. The van der Waals surface area contributed by atoms with E-state index in [-0.39, 0.29) is 10.9 Å². The molecule has 0 aliphatic carbocycles. The summed E-state index contributed by atoms with van der Waals surface area (Å²) < 4.78 is 4.90. The molecular weight excluding hydrogens is 248 g/mol. The molecule has 0 radical (unpaired) electrons. The van der Waals surface area contributed by atoms with Crippen LogP contribution in [-0.2, 0) is 0 Å². The summed E-state index contributed by atoms with van der Waals surface area (Å²) in [7, 11) is 1.67. The van der Waals surface area contributed by atoms with E-state index < -0.39 is 0 Å². The lowest BCUT2D eigenvalue weighted by Crippen LogP contribution is -2.28. The summed E-state index contributed by atoms with van der Waals surface area (Å²) in [6, 6.07) is 8.86. The third-order valence-electron chi connectivity index (χ3n) is 2.60. The number of rotatable bonds is 3. The molecule has 0 saturated heterocycles. The standard InChI is InChI=1S/C13H12N2O2S/c1-15(13(16)9-6-7-17-8-9)11-5-3-2-4-10(11)12(14)18/h2-8H,1H3,(H2,14,18). The van der Waals surface area contributed by atoms with Gasteiger partial charge in [-0.15, -0.1) is 0 Å². The number of benzene rings is 1. The van der Waals surface area contributed by atoms with Gasteiger partial charge in [-0.2, -0.15) is 0 Å². The topological polar surface area (TPSA) is 59.5 Å². The van der Waals surface area contributed by atoms with Crippen molar-refractivity contribution in [1.82, 2.24) is 0 Å². The summed E-state index contributed by atoms with van der Waals surface area (Å²) in [5.74, 6) is -0.174. The second-order valence-electron chi connectivity index (χ2n) is 3.76. The van der Waals surface area contributed by atoms with Crippen LogP contribution in [0.5, 0.6) is 0 Å². The average Bonchev–Trinajstić information content (AvgIpc) is 2.90. The molecule has 0 aliphatic heterocycles. The highest BCUT2D eigenvalue weighted by Gasteiger charge is 2.17. The Morgan fingerprint density at radius 3 is 2.67 bits per heavy atom. The number of furan rings is 1. The first-order valence-electron chi connectivity index (χ1n) is 5.30. The van der Waals surface area contributed by atoms with Gasteiger partial charge in [0.05, 0.1) is 17.5 Å². The molecule has 1 aromatic heterocycles. The molecule has 0 bridgehead atoms. The van der Waals surface area contributed by atoms with Gasteiger partial charge in [0.15, 0.2) is 0 Å². The van der Waals surface area contributed by atoms with Gasteiger partial charge in [0.25, 0.3) is 5.91 Å². The normalized spacial score (nSPS) is 10.1. The molecule has 5 heteroatoms. The van der Waals surface area contributed by atoms with E-state index in [1.807, 2.05) is 12.1 Å². The zero-order chi connectivity index (χ0) is 13.1. The van der Waals surface area contributed by atoms with Crippen molar-refractivity contribution < 1.29 is 9.21 Å². The highest BCUT2D eigenvalue weighted by Crippen LogP contribution is 2.21. The van der Waals surface area contributed by atoms with Gasteiger partial charge >= 0.3 is 0 Å². The van der Waals surface area contributed by atoms with Crippen molar-refractivity contribution in [2.75, 3.05) is 11.9 Å². The Balaban J connectivity index is 2.37. The first kappa shape index (κ1) is 12.3. The zero-order valence-corrected chi connectivity index (χ0v) is 10.6. The van der Waals surface area contributed by atoms with Crippen molar-refractivity contribution in [2.24, 2.45) is 5.73 Å². The molecule has 1 amide bonds. The molecule has 2 rings (SSSR count). The summed E-state index contributed by atoms with van der Waals surface area (Å²) >= 11 is 4.98. The molecule has 0 aliphatic rings. The van der Waals surface area contributed by atoms with Gasteiger partial charge in [0.1, 0.15) is 11.3 Å². The number of nitrogens with two attached hydrogens (primary N) is 1. The Morgan fingerprint density at radius 1 is 1.33 bits per heavy atom. The van der Waals surface area contributed by atoms with Crippen LogP contribution in [0.2, 0.25) is 0 Å². The van der Waals surface area contributed by atoms with E-state index in [2.05, 4.69) is 0 Å². The van der Waals surface area contributed by atoms with E-state index in [9.17, 15) is 4.79 Å². The second kappa shape index (κ2) is 5.01. The Bertz CT molecular complexity index is 578. The molecule has 0 atom stereocenters. The fourth-order valence-electron chi connectivity index (χ4n) is 1.66. The molecule has 0 unspecified atom stereocenters. The number of carbonyl (C=O) groups excluding carboxylic acids is 1. The quantitative estimate of drug-likeness (QED) is 0.859. The molecule has 0 saturated carbocycles. The summed E-state index contributed by atoms with van der Waals surface area (Å²) in [4.78, 5) is 13.9. The van der Waals surface area contributed by atoms with E-state index in [1.165, 1.54) is 17.4 Å². The van der Waals surface area contributed by atoms with Crippen molar-refractivity contribution in [3.63, 3.8) is 0 Å². The third-order valence-corrected chi connectivity index (χ3v) is 2.82. The van der Waals surface area contributed by atoms with Crippen LogP contribution in [0.4, 0.5) is 5.69 Å². The van der Waals surface area contributed by atoms with Crippen molar-refractivity contribution in [3.8, 4) is 0 Å². The largest absolute Gasteiger partial charge is 0.472 e. The monoisotopic (exact) mass is 260 g/mol. The zero-order valence-electron chi connectivity index (χ0n) is 9.79. The number of hydrogen-bond acceptors (Lipinski definition) is 3. The molecule has 92 valence electrons. The number of para-hydroxylation sites is 1. The van der Waals surface area contributed by atoms with E-state index in [4.69, 9.17) is 22.4 Å². The van der Waals surface area contributed by atoms with Crippen LogP contribution >= 0.6 is 12.2 Å². The Hall–Kier alpha value is -2.14. The van der Waals surface area contributed by atoms with Crippen molar-refractivity contribution in [1.29, 1.82) is 0 Å². The number of nitrogens with zero attached hydrogens (tertiary/aromatic N) is 1. The number of amides is 1. The fraction of sp³-hybridized carbons (Fsp3) is 0.0769. The van der Waals surface area contributed by atoms with Gasteiger partial charge in [-0.05, 0) is 18.2 Å². The molecular formula is C13H12N2O2S. The van der Waals surface area contributed by atoms with Crippen LogP contribution in [0.25, 0.3) is 0 Å². The molecule has 1 heterocycles. The summed E-state index contributed by atoms with van der Waals surface area (Å²) in [5, 5.41) is 0. The van der Waals surface area contributed by atoms with Crippen LogP contribution in [0.15, 0.2) is 47.3 Å². The van der Waals surface area contributed by atoms with Gasteiger partial charge < -0.3 is 15.1 Å². The van der Waals surface area contributed by atoms with Gasteiger partial charge in [-0.3, -0.25) is 4.79 Å². The summed E-state index contributed by atoms with van der Waals surface area (Å²) in [6.45, 7) is 0. The molecule has 2 aromatic rings. The third kappa shape index (κ3) is 2.26. The van der Waals surface area contributed by atoms with E-state index in [1.54, 1.807) is 25.2 Å². The van der Waals surface area contributed by atoms with Crippen LogP contribution < -0.4 is 10.6 Å². The van der Waals surface area contributed by atoms with Gasteiger partial charge in [0.2, 0.25) is 0 Å². The minimum atomic E-state index is -0.174. The molecule has 1 aromatic carbocycles. The number of hydrogen-bond donors (Lipinski definition) is 1. The van der Waals surface area contributed by atoms with E-state index in [0.29, 0.717) is 16.8 Å². The molecule has 0 spiro atoms. The highest BCUT2D eigenvalue weighted by molar-refractivity contribution is 7.80. The minimum Gasteiger partial charge on any atom is -0.472 e. The Kier molecular flexibility index (Phi) is 3.43. The van der Waals surface area contributed by atoms with Gasteiger partial charge in [0, 0.05) is 12.6 Å². The minimum absolute atomic E-state index is 0.174. The van der Waals surface area contributed by atoms with Gasteiger partial charge in [-0.25, -0.2) is 0 Å². The number of anilines is 1. The van der Waals surface area contributed by atoms with Crippen LogP contribution in [0, 0.1) is 0 Å². The molecule has 2 N–H and O–H groups in total. The van der Waals surface area contributed by atoms with E-state index >= 15 is 0 Å². The molecule has 0 fully saturated rings. The van der Waals surface area contributed by atoms with Crippen LogP contribution in [-0.4, -0.2) is 17.9 Å². The number of thiocarbonyl (C=S) groups is 1. The predicted molar refractivity (Wildman–Crippen MR) is 73.8 cm³/mol. The van der Waals surface area contributed by atoms with Crippen LogP contribution in [0.1, 0.15) is 15.9 Å². The lowest BCUT2D eigenvalue weighted by Gasteiger charge is -2.19. The highest BCUT2D eigenvalue weighted by atomic mass is 32.1. The summed E-state index contributed by atoms with van der Waals surface area (Å²) in [6.07, 6.45) is 2.86. The fourth-order valence-corrected chi connectivity index (χ4v) is 1.84. The molecule has 18 heavy (non-hydrogen) atoms. The van der Waals surface area contributed by atoms with Crippen molar-refractivity contribution in [3.05, 3.63) is 54.0 Å². The van der Waals surface area contributed by atoms with E-state index in [0.717, 1.165) is 0 Å².